The molecule has 0 spiro atoms. The van der Waals surface area contributed by atoms with Gasteiger partial charge in [-0.2, -0.15) is 4.98 Å². The van der Waals surface area contributed by atoms with Crippen LogP contribution in [-0.4, -0.2) is 47.8 Å². The van der Waals surface area contributed by atoms with E-state index < -0.39 is 0 Å². The maximum absolute atomic E-state index is 5.87. The van der Waals surface area contributed by atoms with Crippen LogP contribution in [0.25, 0.3) is 11.1 Å². The van der Waals surface area contributed by atoms with Crippen LogP contribution in [0.15, 0.2) is 33.2 Å². The van der Waals surface area contributed by atoms with Crippen molar-refractivity contribution in [2.24, 2.45) is 0 Å². The molecule has 2 aromatic heterocycles. The van der Waals surface area contributed by atoms with E-state index in [1.165, 1.54) is 5.56 Å². The van der Waals surface area contributed by atoms with Gasteiger partial charge in [-0.3, -0.25) is 4.90 Å². The Morgan fingerprint density at radius 1 is 1.08 bits per heavy atom. The van der Waals surface area contributed by atoms with Crippen LogP contribution in [0.1, 0.15) is 17.0 Å². The van der Waals surface area contributed by atoms with E-state index in [4.69, 9.17) is 8.94 Å². The minimum atomic E-state index is 0.738. The van der Waals surface area contributed by atoms with Gasteiger partial charge in [0.25, 0.3) is 6.01 Å². The predicted molar refractivity (Wildman–Crippen MR) is 92.3 cm³/mol. The van der Waals surface area contributed by atoms with Gasteiger partial charge in [0.1, 0.15) is 11.3 Å². The van der Waals surface area contributed by atoms with Gasteiger partial charge in [0.15, 0.2) is 5.58 Å². The van der Waals surface area contributed by atoms with Crippen molar-refractivity contribution in [3.8, 4) is 0 Å². The van der Waals surface area contributed by atoms with Crippen molar-refractivity contribution in [2.75, 3.05) is 37.6 Å². The average molecular weight is 326 g/mol. The van der Waals surface area contributed by atoms with Gasteiger partial charge in [0.2, 0.25) is 0 Å². The number of fused-ring (bicyclic) bond motifs is 1. The van der Waals surface area contributed by atoms with Gasteiger partial charge in [-0.15, -0.1) is 0 Å². The number of nitrogens with zero attached hydrogens (tertiary/aromatic N) is 4. The summed E-state index contributed by atoms with van der Waals surface area (Å²) in [7, 11) is 0. The Bertz CT molecular complexity index is 778. The summed E-state index contributed by atoms with van der Waals surface area (Å²) in [5, 5.41) is 4.03. The second-order valence-corrected chi connectivity index (χ2v) is 6.35. The molecule has 0 bridgehead atoms. The molecule has 126 valence electrons. The SMILES string of the molecule is Cc1noc(C)c1CCN1CCN(c2nc3ccccc3o2)CC1. The number of benzene rings is 1. The Morgan fingerprint density at radius 2 is 1.88 bits per heavy atom. The molecule has 1 saturated heterocycles. The molecule has 1 aliphatic rings. The van der Waals surface area contributed by atoms with Crippen molar-refractivity contribution in [1.82, 2.24) is 15.0 Å². The molecule has 0 saturated carbocycles. The lowest BCUT2D eigenvalue weighted by molar-refractivity contribution is 0.256. The highest BCUT2D eigenvalue weighted by molar-refractivity contribution is 5.74. The lowest BCUT2D eigenvalue weighted by Gasteiger charge is -2.33. The molecule has 0 unspecified atom stereocenters. The van der Waals surface area contributed by atoms with Crippen molar-refractivity contribution in [3.05, 3.63) is 41.3 Å². The molecule has 24 heavy (non-hydrogen) atoms. The third-order valence-electron chi connectivity index (χ3n) is 4.78. The fourth-order valence-corrected chi connectivity index (χ4v) is 3.29. The fourth-order valence-electron chi connectivity index (χ4n) is 3.29. The first kappa shape index (κ1) is 15.2. The summed E-state index contributed by atoms with van der Waals surface area (Å²) in [4.78, 5) is 9.30. The molecule has 1 aromatic carbocycles. The number of oxazole rings is 1. The van der Waals surface area contributed by atoms with Crippen LogP contribution < -0.4 is 4.90 Å². The van der Waals surface area contributed by atoms with E-state index in [1.54, 1.807) is 0 Å². The Balaban J connectivity index is 1.35. The van der Waals surface area contributed by atoms with Crippen molar-refractivity contribution < 1.29 is 8.94 Å². The molecule has 1 fully saturated rings. The molecule has 3 heterocycles. The van der Waals surface area contributed by atoms with Crippen LogP contribution in [0.5, 0.6) is 0 Å². The minimum Gasteiger partial charge on any atom is -0.423 e. The van der Waals surface area contributed by atoms with Gasteiger partial charge < -0.3 is 13.8 Å². The molecule has 4 rings (SSSR count). The Morgan fingerprint density at radius 3 is 2.58 bits per heavy atom. The molecule has 0 aliphatic carbocycles. The Hall–Kier alpha value is -2.34. The van der Waals surface area contributed by atoms with E-state index in [1.807, 2.05) is 38.1 Å². The minimum absolute atomic E-state index is 0.738. The number of aryl methyl sites for hydroxylation is 2. The zero-order chi connectivity index (χ0) is 16.5. The number of aromatic nitrogens is 2. The van der Waals surface area contributed by atoms with Gasteiger partial charge in [-0.25, -0.2) is 0 Å². The molecular weight excluding hydrogens is 304 g/mol. The number of rotatable bonds is 4. The van der Waals surface area contributed by atoms with E-state index in [0.717, 1.165) is 67.7 Å². The maximum Gasteiger partial charge on any atom is 0.298 e. The van der Waals surface area contributed by atoms with E-state index in [-0.39, 0.29) is 0 Å². The van der Waals surface area contributed by atoms with Crippen LogP contribution in [0.4, 0.5) is 6.01 Å². The zero-order valence-electron chi connectivity index (χ0n) is 14.2. The van der Waals surface area contributed by atoms with E-state index >= 15 is 0 Å². The summed E-state index contributed by atoms with van der Waals surface area (Å²) in [6.45, 7) is 8.94. The van der Waals surface area contributed by atoms with Gasteiger partial charge in [0, 0.05) is 38.3 Å². The monoisotopic (exact) mass is 326 g/mol. The van der Waals surface area contributed by atoms with E-state index in [0.29, 0.717) is 0 Å². The number of hydrogen-bond acceptors (Lipinski definition) is 6. The van der Waals surface area contributed by atoms with Gasteiger partial charge in [0.05, 0.1) is 5.69 Å². The van der Waals surface area contributed by atoms with Crippen LogP contribution in [0, 0.1) is 13.8 Å². The van der Waals surface area contributed by atoms with Crippen LogP contribution in [0.3, 0.4) is 0 Å². The largest absolute Gasteiger partial charge is 0.423 e. The molecule has 1 aliphatic heterocycles. The predicted octanol–water partition coefficient (Wildman–Crippen LogP) is 2.80. The number of para-hydroxylation sites is 2. The van der Waals surface area contributed by atoms with Gasteiger partial charge >= 0.3 is 0 Å². The highest BCUT2D eigenvalue weighted by Gasteiger charge is 2.21. The van der Waals surface area contributed by atoms with Crippen LogP contribution in [0.2, 0.25) is 0 Å². The second-order valence-electron chi connectivity index (χ2n) is 6.35. The molecule has 0 amide bonds. The molecule has 6 nitrogen and oxygen atoms in total. The van der Waals surface area contributed by atoms with E-state index in [2.05, 4.69) is 19.9 Å². The lowest BCUT2D eigenvalue weighted by Crippen LogP contribution is -2.47. The van der Waals surface area contributed by atoms with Crippen LogP contribution >= 0.6 is 0 Å². The first-order chi connectivity index (χ1) is 11.7. The number of piperazine rings is 1. The highest BCUT2D eigenvalue weighted by atomic mass is 16.5. The van der Waals surface area contributed by atoms with Crippen molar-refractivity contribution in [1.29, 1.82) is 0 Å². The summed E-state index contributed by atoms with van der Waals surface area (Å²) in [6.07, 6.45) is 0.990. The summed E-state index contributed by atoms with van der Waals surface area (Å²) in [5.41, 5.74) is 4.04. The standard InChI is InChI=1S/C18H22N4O2/c1-13-15(14(2)24-20-13)7-8-21-9-11-22(12-10-21)18-19-16-5-3-4-6-17(16)23-18/h3-6H,7-12H2,1-2H3. The van der Waals surface area contributed by atoms with Crippen LogP contribution in [-0.2, 0) is 6.42 Å². The molecule has 3 aromatic rings. The third-order valence-corrected chi connectivity index (χ3v) is 4.78. The molecular formula is C18H22N4O2. The summed E-state index contributed by atoms with van der Waals surface area (Å²) >= 11 is 0. The third kappa shape index (κ3) is 2.89. The average Bonchev–Trinajstić information content (AvgIpc) is 3.17. The zero-order valence-corrected chi connectivity index (χ0v) is 14.2. The Labute approximate surface area is 141 Å². The second kappa shape index (κ2) is 6.28. The molecule has 6 heteroatoms. The van der Waals surface area contributed by atoms with Gasteiger partial charge in [-0.05, 0) is 32.4 Å². The molecule has 0 atom stereocenters. The molecule has 0 N–H and O–H groups in total. The van der Waals surface area contributed by atoms with Crippen molar-refractivity contribution >= 4 is 17.1 Å². The first-order valence-corrected chi connectivity index (χ1v) is 8.45. The van der Waals surface area contributed by atoms with E-state index in [9.17, 15) is 0 Å². The normalized spacial score (nSPS) is 16.2. The maximum atomic E-state index is 5.87. The summed E-state index contributed by atoms with van der Waals surface area (Å²) in [6, 6.07) is 8.65. The fraction of sp³-hybridized carbons (Fsp3) is 0.444. The summed E-state index contributed by atoms with van der Waals surface area (Å²) in [5.74, 6) is 0.942. The Kier molecular flexibility index (Phi) is 3.98. The topological polar surface area (TPSA) is 58.5 Å². The number of anilines is 1. The molecule has 0 radical (unpaired) electrons. The lowest BCUT2D eigenvalue weighted by atomic mass is 10.1. The van der Waals surface area contributed by atoms with Gasteiger partial charge in [-0.1, -0.05) is 17.3 Å². The highest BCUT2D eigenvalue weighted by Crippen LogP contribution is 2.22. The van der Waals surface area contributed by atoms with Crippen molar-refractivity contribution in [3.63, 3.8) is 0 Å². The number of hydrogen-bond donors (Lipinski definition) is 0. The smallest absolute Gasteiger partial charge is 0.298 e. The first-order valence-electron chi connectivity index (χ1n) is 8.45. The quantitative estimate of drug-likeness (QED) is 0.735. The van der Waals surface area contributed by atoms with Crippen molar-refractivity contribution in [2.45, 2.75) is 20.3 Å². The summed E-state index contributed by atoms with van der Waals surface area (Å²) < 4.78 is 11.1.